The summed E-state index contributed by atoms with van der Waals surface area (Å²) >= 11 is 0. The standard InChI is InChI=1S/C21H33N5O2/c1-2-26-15-17(14-23-26)19(27)25-9-5-18(6-10-25)24-11-7-21(8-12-24,20(22)28)13-16-3-4-16/h14-16,18H,2-13H2,1H3,(H2,22,28). The van der Waals surface area contributed by atoms with Crippen LogP contribution in [0.3, 0.4) is 0 Å². The second kappa shape index (κ2) is 7.85. The van der Waals surface area contributed by atoms with E-state index in [1.54, 1.807) is 10.9 Å². The molecule has 2 amide bonds. The van der Waals surface area contributed by atoms with Gasteiger partial charge < -0.3 is 15.5 Å². The zero-order chi connectivity index (χ0) is 19.7. The summed E-state index contributed by atoms with van der Waals surface area (Å²) < 4.78 is 1.79. The third-order valence-electron chi connectivity index (χ3n) is 7.13. The summed E-state index contributed by atoms with van der Waals surface area (Å²) in [4.78, 5) is 29.3. The molecule has 1 aromatic heterocycles. The summed E-state index contributed by atoms with van der Waals surface area (Å²) in [6.45, 7) is 6.29. The van der Waals surface area contributed by atoms with Crippen LogP contribution in [0.25, 0.3) is 0 Å². The number of likely N-dealkylation sites (tertiary alicyclic amines) is 2. The van der Waals surface area contributed by atoms with Gasteiger partial charge in [-0.05, 0) is 58.0 Å². The number of carbonyl (C=O) groups excluding carboxylic acids is 2. The van der Waals surface area contributed by atoms with E-state index in [-0.39, 0.29) is 17.2 Å². The molecule has 0 atom stereocenters. The van der Waals surface area contributed by atoms with Crippen LogP contribution in [0.4, 0.5) is 0 Å². The van der Waals surface area contributed by atoms with Gasteiger partial charge in [-0.25, -0.2) is 0 Å². The summed E-state index contributed by atoms with van der Waals surface area (Å²) in [7, 11) is 0. The minimum atomic E-state index is -0.270. The Morgan fingerprint density at radius 2 is 1.82 bits per heavy atom. The van der Waals surface area contributed by atoms with Crippen molar-refractivity contribution in [2.24, 2.45) is 17.1 Å². The number of primary amides is 1. The first-order chi connectivity index (χ1) is 13.5. The molecule has 7 heteroatoms. The SMILES string of the molecule is CCn1cc(C(=O)N2CCC(N3CCC(CC4CC4)(C(N)=O)CC3)CC2)cn1. The summed E-state index contributed by atoms with van der Waals surface area (Å²) in [5, 5.41) is 4.21. The molecule has 1 saturated carbocycles. The first-order valence-corrected chi connectivity index (χ1v) is 10.9. The maximum absolute atomic E-state index is 12.7. The fourth-order valence-corrected chi connectivity index (χ4v) is 5.01. The monoisotopic (exact) mass is 387 g/mol. The fourth-order valence-electron chi connectivity index (χ4n) is 5.01. The van der Waals surface area contributed by atoms with Gasteiger partial charge in [-0.3, -0.25) is 14.3 Å². The third kappa shape index (κ3) is 3.95. The summed E-state index contributed by atoms with van der Waals surface area (Å²) in [6.07, 6.45) is 10.8. The van der Waals surface area contributed by atoms with Crippen LogP contribution in [-0.2, 0) is 11.3 Å². The molecule has 3 heterocycles. The molecule has 4 rings (SSSR count). The highest BCUT2D eigenvalue weighted by molar-refractivity contribution is 5.93. The Hall–Kier alpha value is -1.89. The van der Waals surface area contributed by atoms with E-state index in [2.05, 4.69) is 10.00 Å². The van der Waals surface area contributed by atoms with E-state index < -0.39 is 0 Å². The second-order valence-corrected chi connectivity index (χ2v) is 8.94. The quantitative estimate of drug-likeness (QED) is 0.808. The topological polar surface area (TPSA) is 84.5 Å². The van der Waals surface area contributed by atoms with Gasteiger partial charge in [-0.2, -0.15) is 5.10 Å². The molecule has 1 aromatic rings. The molecule has 0 spiro atoms. The zero-order valence-electron chi connectivity index (χ0n) is 17.0. The van der Waals surface area contributed by atoms with Gasteiger partial charge in [-0.1, -0.05) is 12.8 Å². The van der Waals surface area contributed by atoms with Gasteiger partial charge in [0.15, 0.2) is 0 Å². The molecular weight excluding hydrogens is 354 g/mol. The number of nitrogens with two attached hydrogens (primary N) is 1. The molecule has 0 radical (unpaired) electrons. The Morgan fingerprint density at radius 3 is 2.36 bits per heavy atom. The van der Waals surface area contributed by atoms with E-state index in [4.69, 9.17) is 5.73 Å². The average Bonchev–Trinajstić information content (AvgIpc) is 3.40. The molecule has 3 fully saturated rings. The van der Waals surface area contributed by atoms with Crippen LogP contribution in [0.15, 0.2) is 12.4 Å². The molecule has 0 bridgehead atoms. The molecule has 7 nitrogen and oxygen atoms in total. The van der Waals surface area contributed by atoms with Gasteiger partial charge >= 0.3 is 0 Å². The lowest BCUT2D eigenvalue weighted by molar-refractivity contribution is -0.132. The van der Waals surface area contributed by atoms with Crippen molar-refractivity contribution in [1.82, 2.24) is 19.6 Å². The summed E-state index contributed by atoms with van der Waals surface area (Å²) in [5.74, 6) is 0.728. The van der Waals surface area contributed by atoms with Crippen molar-refractivity contribution in [3.8, 4) is 0 Å². The zero-order valence-corrected chi connectivity index (χ0v) is 17.0. The molecule has 0 aromatic carbocycles. The Kier molecular flexibility index (Phi) is 5.45. The Bertz CT molecular complexity index is 710. The van der Waals surface area contributed by atoms with Crippen molar-refractivity contribution in [3.05, 3.63) is 18.0 Å². The van der Waals surface area contributed by atoms with Crippen LogP contribution in [-0.4, -0.2) is 63.6 Å². The maximum atomic E-state index is 12.7. The van der Waals surface area contributed by atoms with Crippen molar-refractivity contribution in [1.29, 1.82) is 0 Å². The van der Waals surface area contributed by atoms with Gasteiger partial charge in [0.05, 0.1) is 17.2 Å². The van der Waals surface area contributed by atoms with E-state index >= 15 is 0 Å². The number of hydrogen-bond acceptors (Lipinski definition) is 4. The maximum Gasteiger partial charge on any atom is 0.257 e. The smallest absolute Gasteiger partial charge is 0.257 e. The number of piperidine rings is 2. The lowest BCUT2D eigenvalue weighted by Crippen LogP contribution is -2.53. The highest BCUT2D eigenvalue weighted by Crippen LogP contribution is 2.46. The Morgan fingerprint density at radius 1 is 1.14 bits per heavy atom. The summed E-state index contributed by atoms with van der Waals surface area (Å²) in [6, 6.07) is 0.509. The number of aromatic nitrogens is 2. The van der Waals surface area contributed by atoms with Crippen molar-refractivity contribution >= 4 is 11.8 Å². The molecule has 2 aliphatic heterocycles. The Labute approximate surface area is 167 Å². The van der Waals surface area contributed by atoms with Gasteiger partial charge in [0.1, 0.15) is 0 Å². The van der Waals surface area contributed by atoms with Crippen LogP contribution in [0, 0.1) is 11.3 Å². The van der Waals surface area contributed by atoms with Gasteiger partial charge in [0.2, 0.25) is 5.91 Å². The van der Waals surface area contributed by atoms with E-state index in [1.807, 2.05) is 18.0 Å². The minimum absolute atomic E-state index is 0.0907. The second-order valence-electron chi connectivity index (χ2n) is 8.94. The first-order valence-electron chi connectivity index (χ1n) is 10.9. The van der Waals surface area contributed by atoms with E-state index in [0.29, 0.717) is 11.6 Å². The lowest BCUT2D eigenvalue weighted by atomic mass is 9.73. The largest absolute Gasteiger partial charge is 0.369 e. The molecular formula is C21H33N5O2. The highest BCUT2D eigenvalue weighted by atomic mass is 16.2. The summed E-state index contributed by atoms with van der Waals surface area (Å²) in [5.41, 5.74) is 6.23. The molecule has 154 valence electrons. The number of nitrogens with zero attached hydrogens (tertiary/aromatic N) is 4. The normalized spacial score (nSPS) is 23.7. The molecule has 2 saturated heterocycles. The van der Waals surface area contributed by atoms with E-state index in [0.717, 1.165) is 70.7 Å². The third-order valence-corrected chi connectivity index (χ3v) is 7.13. The van der Waals surface area contributed by atoms with Crippen molar-refractivity contribution in [2.45, 2.75) is 64.5 Å². The molecule has 2 N–H and O–H groups in total. The van der Waals surface area contributed by atoms with Crippen molar-refractivity contribution in [2.75, 3.05) is 26.2 Å². The number of carbonyl (C=O) groups is 2. The molecule has 28 heavy (non-hydrogen) atoms. The van der Waals surface area contributed by atoms with Crippen LogP contribution in [0.1, 0.15) is 62.2 Å². The number of rotatable bonds is 6. The highest BCUT2D eigenvalue weighted by Gasteiger charge is 2.44. The van der Waals surface area contributed by atoms with Crippen LogP contribution in [0.5, 0.6) is 0 Å². The fraction of sp³-hybridized carbons (Fsp3) is 0.762. The molecule has 1 aliphatic carbocycles. The number of aryl methyl sites for hydroxylation is 1. The van der Waals surface area contributed by atoms with E-state index in [1.165, 1.54) is 12.8 Å². The van der Waals surface area contributed by atoms with Crippen LogP contribution in [0.2, 0.25) is 0 Å². The average molecular weight is 388 g/mol. The van der Waals surface area contributed by atoms with Crippen LogP contribution < -0.4 is 5.73 Å². The van der Waals surface area contributed by atoms with Gasteiger partial charge in [0, 0.05) is 31.9 Å². The van der Waals surface area contributed by atoms with Gasteiger partial charge in [-0.15, -0.1) is 0 Å². The molecule has 3 aliphatic rings. The molecule has 0 unspecified atom stereocenters. The predicted molar refractivity (Wildman–Crippen MR) is 107 cm³/mol. The van der Waals surface area contributed by atoms with Crippen LogP contribution >= 0.6 is 0 Å². The van der Waals surface area contributed by atoms with Crippen molar-refractivity contribution in [3.63, 3.8) is 0 Å². The van der Waals surface area contributed by atoms with Crippen molar-refractivity contribution < 1.29 is 9.59 Å². The van der Waals surface area contributed by atoms with Gasteiger partial charge in [0.25, 0.3) is 5.91 Å². The minimum Gasteiger partial charge on any atom is -0.369 e. The Balaban J connectivity index is 1.28. The number of amides is 2. The lowest BCUT2D eigenvalue weighted by Gasteiger charge is -2.45. The number of hydrogen-bond donors (Lipinski definition) is 1. The predicted octanol–water partition coefficient (Wildman–Crippen LogP) is 1.88. The first kappa shape index (κ1) is 19.4. The van der Waals surface area contributed by atoms with E-state index in [9.17, 15) is 9.59 Å².